The highest BCUT2D eigenvalue weighted by molar-refractivity contribution is 7.21. The predicted molar refractivity (Wildman–Crippen MR) is 142 cm³/mol. The van der Waals surface area contributed by atoms with Crippen molar-refractivity contribution in [2.24, 2.45) is 0 Å². The summed E-state index contributed by atoms with van der Waals surface area (Å²) in [6, 6.07) is 3.05. The molecule has 4 aromatic rings. The number of methoxy groups -OCH3 is 1. The fraction of sp³-hybridized carbons (Fsp3) is 0.346. The molecule has 0 spiro atoms. The van der Waals surface area contributed by atoms with Gasteiger partial charge in [0.05, 0.1) is 38.0 Å². The summed E-state index contributed by atoms with van der Waals surface area (Å²) in [6.07, 6.45) is 8.12. The quantitative estimate of drug-likeness (QED) is 0.249. The first-order chi connectivity index (χ1) is 18.8. The number of nitrogens with one attached hydrogen (secondary N) is 1. The molecule has 1 saturated heterocycles. The van der Waals surface area contributed by atoms with Crippen molar-refractivity contribution in [1.29, 1.82) is 0 Å². The third-order valence-corrected chi connectivity index (χ3v) is 7.88. The molecule has 1 aliphatic heterocycles. The van der Waals surface area contributed by atoms with E-state index in [9.17, 15) is 18.8 Å². The second-order valence-corrected chi connectivity index (χ2v) is 9.87. The van der Waals surface area contributed by atoms with Crippen LogP contribution < -0.4 is 21.3 Å². The van der Waals surface area contributed by atoms with E-state index in [2.05, 4.69) is 21.4 Å². The number of carbonyl (C=O) groups is 1. The molecule has 0 bridgehead atoms. The van der Waals surface area contributed by atoms with Gasteiger partial charge in [0.15, 0.2) is 0 Å². The Morgan fingerprint density at radius 3 is 2.72 bits per heavy atom. The van der Waals surface area contributed by atoms with Gasteiger partial charge < -0.3 is 14.8 Å². The number of carbonyl (C=O) groups excluding carboxylic acids is 1. The van der Waals surface area contributed by atoms with E-state index in [1.165, 1.54) is 47.1 Å². The van der Waals surface area contributed by atoms with Crippen molar-refractivity contribution >= 4 is 27.5 Å². The Kier molecular flexibility index (Phi) is 7.32. The molecule has 11 nitrogen and oxygen atoms in total. The minimum Gasteiger partial charge on any atom is -0.496 e. The normalized spacial score (nSPS) is 15.8. The zero-order valence-electron chi connectivity index (χ0n) is 21.2. The molecule has 0 radical (unpaired) electrons. The van der Waals surface area contributed by atoms with Crippen LogP contribution in [0.2, 0.25) is 0 Å². The van der Waals surface area contributed by atoms with Crippen LogP contribution in [0.3, 0.4) is 0 Å². The zero-order chi connectivity index (χ0) is 27.7. The van der Waals surface area contributed by atoms with E-state index in [0.717, 1.165) is 15.9 Å². The first kappa shape index (κ1) is 26.3. The van der Waals surface area contributed by atoms with Gasteiger partial charge in [-0.25, -0.2) is 13.8 Å². The lowest BCUT2D eigenvalue weighted by Gasteiger charge is -2.23. The van der Waals surface area contributed by atoms with Crippen LogP contribution in [-0.2, 0) is 16.1 Å². The Labute approximate surface area is 225 Å². The second kappa shape index (κ2) is 10.8. The smallest absolute Gasteiger partial charge is 0.332 e. The number of benzene rings is 1. The fourth-order valence-electron chi connectivity index (χ4n) is 4.75. The van der Waals surface area contributed by atoms with Gasteiger partial charge in [0.1, 0.15) is 33.5 Å². The lowest BCUT2D eigenvalue weighted by Crippen LogP contribution is -2.44. The number of amides is 1. The van der Waals surface area contributed by atoms with Gasteiger partial charge in [-0.3, -0.25) is 14.2 Å². The lowest BCUT2D eigenvalue weighted by atomic mass is 10.1. The number of ether oxygens (including phenoxy) is 2. The molecule has 1 amide bonds. The number of aromatic nitrogens is 5. The standard InChI is InChI=1S/C26H25FN6O5S/c1-4-5-12-38-20(17-13-16(27)6-7-19(17)37-3)14-31-25-21(15(2)24(39-25)33-29-10-11-30-33)23(35)32(26(31)36)18-8-9-28-22(18)34/h1,6-7,10-11,13,18,20H,5,8-9,12,14H2,2-3H3,(H,28,34)/t18-,20-/m0/s1. The molecular formula is C26H25FN6O5S. The number of halogens is 1. The molecule has 3 aromatic heterocycles. The Balaban J connectivity index is 1.75. The molecule has 202 valence electrons. The third-order valence-electron chi connectivity index (χ3n) is 6.60. The molecule has 1 fully saturated rings. The Hall–Kier alpha value is -4.28. The average molecular weight is 553 g/mol. The van der Waals surface area contributed by atoms with Crippen LogP contribution in [0, 0.1) is 25.1 Å². The fourth-order valence-corrected chi connectivity index (χ4v) is 5.97. The highest BCUT2D eigenvalue weighted by Crippen LogP contribution is 2.34. The maximum Gasteiger partial charge on any atom is 0.332 e. The zero-order valence-corrected chi connectivity index (χ0v) is 22.0. The summed E-state index contributed by atoms with van der Waals surface area (Å²) in [5.74, 6) is 1.94. The van der Waals surface area contributed by atoms with Crippen molar-refractivity contribution in [3.05, 3.63) is 68.4 Å². The van der Waals surface area contributed by atoms with Gasteiger partial charge in [-0.2, -0.15) is 10.2 Å². The summed E-state index contributed by atoms with van der Waals surface area (Å²) >= 11 is 1.16. The highest BCUT2D eigenvalue weighted by atomic mass is 32.1. The Bertz CT molecular complexity index is 1700. The molecule has 0 aliphatic carbocycles. The highest BCUT2D eigenvalue weighted by Gasteiger charge is 2.32. The number of aryl methyl sites for hydroxylation is 1. The summed E-state index contributed by atoms with van der Waals surface area (Å²) in [4.78, 5) is 42.1. The van der Waals surface area contributed by atoms with Crippen molar-refractivity contribution in [1.82, 2.24) is 29.4 Å². The van der Waals surface area contributed by atoms with Crippen LogP contribution in [0.25, 0.3) is 15.2 Å². The first-order valence-electron chi connectivity index (χ1n) is 12.2. The van der Waals surface area contributed by atoms with Crippen LogP contribution in [0.1, 0.15) is 36.1 Å². The first-order valence-corrected chi connectivity index (χ1v) is 13.0. The molecule has 2 atom stereocenters. The minimum absolute atomic E-state index is 0.111. The van der Waals surface area contributed by atoms with E-state index in [4.69, 9.17) is 15.9 Å². The summed E-state index contributed by atoms with van der Waals surface area (Å²) in [6.45, 7) is 2.11. The van der Waals surface area contributed by atoms with Crippen LogP contribution in [0.15, 0.2) is 40.2 Å². The molecule has 5 rings (SSSR count). The molecular weight excluding hydrogens is 527 g/mol. The Morgan fingerprint density at radius 2 is 2.05 bits per heavy atom. The van der Waals surface area contributed by atoms with Crippen molar-refractivity contribution < 1.29 is 18.7 Å². The largest absolute Gasteiger partial charge is 0.496 e. The van der Waals surface area contributed by atoms with E-state index in [0.29, 0.717) is 33.3 Å². The number of fused-ring (bicyclic) bond motifs is 1. The number of nitrogens with zero attached hydrogens (tertiary/aromatic N) is 5. The van der Waals surface area contributed by atoms with Crippen molar-refractivity contribution in [2.75, 3.05) is 20.3 Å². The number of rotatable bonds is 9. The monoisotopic (exact) mass is 552 g/mol. The number of thiophene rings is 1. The molecule has 0 saturated carbocycles. The predicted octanol–water partition coefficient (Wildman–Crippen LogP) is 2.10. The molecule has 4 heterocycles. The van der Waals surface area contributed by atoms with Crippen LogP contribution in [0.4, 0.5) is 4.39 Å². The van der Waals surface area contributed by atoms with E-state index >= 15 is 0 Å². The van der Waals surface area contributed by atoms with E-state index in [-0.39, 0.29) is 31.4 Å². The van der Waals surface area contributed by atoms with Crippen molar-refractivity contribution in [3.63, 3.8) is 0 Å². The summed E-state index contributed by atoms with van der Waals surface area (Å²) in [5.41, 5.74) is -0.330. The summed E-state index contributed by atoms with van der Waals surface area (Å²) in [7, 11) is 1.45. The molecule has 1 aliphatic rings. The number of hydrogen-bond donors (Lipinski definition) is 1. The van der Waals surface area contributed by atoms with Crippen LogP contribution >= 0.6 is 11.3 Å². The SMILES string of the molecule is C#CCCO[C@@H](Cn1c(=O)n([C@H]2CCNC2=O)c(=O)c2c(C)c(-n3nccn3)sc21)c1cc(F)ccc1OC. The summed E-state index contributed by atoms with van der Waals surface area (Å²) < 4.78 is 28.3. The van der Waals surface area contributed by atoms with Crippen molar-refractivity contribution in [2.45, 2.75) is 38.5 Å². The van der Waals surface area contributed by atoms with Gasteiger partial charge in [-0.15, -0.1) is 17.1 Å². The molecule has 1 aromatic carbocycles. The maximum atomic E-state index is 14.4. The van der Waals surface area contributed by atoms with Crippen LogP contribution in [-0.4, -0.2) is 50.3 Å². The van der Waals surface area contributed by atoms with Gasteiger partial charge in [0, 0.05) is 24.1 Å². The third kappa shape index (κ3) is 4.73. The number of hydrogen-bond acceptors (Lipinski definition) is 8. The molecule has 0 unspecified atom stereocenters. The van der Waals surface area contributed by atoms with Gasteiger partial charge in [0.2, 0.25) is 5.91 Å². The van der Waals surface area contributed by atoms with Crippen molar-refractivity contribution in [3.8, 4) is 23.1 Å². The Morgan fingerprint density at radius 1 is 1.28 bits per heavy atom. The molecule has 1 N–H and O–H groups in total. The van der Waals surface area contributed by atoms with E-state index < -0.39 is 35.1 Å². The van der Waals surface area contributed by atoms with Crippen LogP contribution in [0.5, 0.6) is 5.75 Å². The average Bonchev–Trinajstić information content (AvgIpc) is 3.67. The van der Waals surface area contributed by atoms with E-state index in [1.54, 1.807) is 6.92 Å². The lowest BCUT2D eigenvalue weighted by molar-refractivity contribution is -0.122. The second-order valence-electron chi connectivity index (χ2n) is 8.89. The minimum atomic E-state index is -0.962. The summed E-state index contributed by atoms with van der Waals surface area (Å²) in [5, 5.41) is 11.9. The molecule has 39 heavy (non-hydrogen) atoms. The molecule has 13 heteroatoms. The van der Waals surface area contributed by atoms with E-state index in [1.807, 2.05) is 0 Å². The van der Waals surface area contributed by atoms with Gasteiger partial charge in [0.25, 0.3) is 5.56 Å². The van der Waals surface area contributed by atoms with Gasteiger partial charge in [-0.1, -0.05) is 11.3 Å². The topological polar surface area (TPSA) is 122 Å². The van der Waals surface area contributed by atoms with Gasteiger partial charge >= 0.3 is 5.69 Å². The number of terminal acetylenes is 1. The maximum absolute atomic E-state index is 14.4. The van der Waals surface area contributed by atoms with Gasteiger partial charge in [-0.05, 0) is 31.5 Å².